The second kappa shape index (κ2) is 10.9. The predicted molar refractivity (Wildman–Crippen MR) is 120 cm³/mol. The number of ether oxygens (including phenoxy) is 1. The van der Waals surface area contributed by atoms with Crippen molar-refractivity contribution in [3.63, 3.8) is 0 Å². The van der Waals surface area contributed by atoms with Gasteiger partial charge in [0.15, 0.2) is 5.11 Å². The van der Waals surface area contributed by atoms with Gasteiger partial charge in [-0.2, -0.15) is 0 Å². The van der Waals surface area contributed by atoms with Gasteiger partial charge in [-0.25, -0.2) is 0 Å². The molecule has 3 rings (SSSR count). The summed E-state index contributed by atoms with van der Waals surface area (Å²) in [6.45, 7) is 5.74. The molecular formula is C23H29N3O2S. The third-order valence-corrected chi connectivity index (χ3v) is 5.21. The molecule has 154 valence electrons. The smallest absolute Gasteiger partial charge is 0.257 e. The van der Waals surface area contributed by atoms with Crippen molar-refractivity contribution in [1.82, 2.24) is 15.5 Å². The molecule has 0 radical (unpaired) electrons. The lowest BCUT2D eigenvalue weighted by Gasteiger charge is -2.32. The first-order valence-corrected chi connectivity index (χ1v) is 10.7. The maximum Gasteiger partial charge on any atom is 0.257 e. The van der Waals surface area contributed by atoms with Crippen LogP contribution in [0.4, 0.5) is 0 Å². The van der Waals surface area contributed by atoms with Crippen molar-refractivity contribution in [2.75, 3.05) is 19.7 Å². The molecule has 1 aliphatic rings. The minimum absolute atomic E-state index is 0.203. The maximum atomic E-state index is 12.4. The van der Waals surface area contributed by atoms with Gasteiger partial charge in [-0.05, 0) is 61.3 Å². The summed E-state index contributed by atoms with van der Waals surface area (Å²) in [5.74, 6) is 0.567. The molecule has 2 N–H and O–H groups in total. The van der Waals surface area contributed by atoms with E-state index in [2.05, 4.69) is 46.7 Å². The quantitative estimate of drug-likeness (QED) is 0.680. The Kier molecular flexibility index (Phi) is 8.02. The SMILES string of the molecule is CCCOc1ccc(C(=O)NC(=S)NC2CCN(Cc3ccccc3)CC2)cc1. The van der Waals surface area contributed by atoms with Gasteiger partial charge < -0.3 is 10.1 Å². The van der Waals surface area contributed by atoms with Crippen molar-refractivity contribution in [2.24, 2.45) is 0 Å². The largest absolute Gasteiger partial charge is 0.494 e. The van der Waals surface area contributed by atoms with E-state index >= 15 is 0 Å². The van der Waals surface area contributed by atoms with Crippen LogP contribution >= 0.6 is 12.2 Å². The number of hydrogen-bond acceptors (Lipinski definition) is 4. The van der Waals surface area contributed by atoms with Crippen LogP contribution in [0.1, 0.15) is 42.1 Å². The second-order valence-electron chi connectivity index (χ2n) is 7.34. The Morgan fingerprint density at radius 2 is 1.79 bits per heavy atom. The zero-order valence-electron chi connectivity index (χ0n) is 16.9. The number of carbonyl (C=O) groups is 1. The van der Waals surface area contributed by atoms with Gasteiger partial charge in [-0.15, -0.1) is 0 Å². The highest BCUT2D eigenvalue weighted by Gasteiger charge is 2.20. The molecule has 1 fully saturated rings. The summed E-state index contributed by atoms with van der Waals surface area (Å²) in [6.07, 6.45) is 2.96. The number of carbonyl (C=O) groups excluding carboxylic acids is 1. The van der Waals surface area contributed by atoms with Crippen LogP contribution in [0.3, 0.4) is 0 Å². The fraction of sp³-hybridized carbons (Fsp3) is 0.391. The summed E-state index contributed by atoms with van der Waals surface area (Å²) < 4.78 is 5.54. The molecule has 6 heteroatoms. The van der Waals surface area contributed by atoms with Gasteiger partial charge >= 0.3 is 0 Å². The molecule has 0 atom stereocenters. The molecule has 1 heterocycles. The molecule has 29 heavy (non-hydrogen) atoms. The molecule has 2 aromatic rings. The first kappa shape index (κ1) is 21.3. The summed E-state index contributed by atoms with van der Waals surface area (Å²) in [5, 5.41) is 6.47. The van der Waals surface area contributed by atoms with Crippen molar-refractivity contribution in [1.29, 1.82) is 0 Å². The fourth-order valence-electron chi connectivity index (χ4n) is 3.40. The number of piperidine rings is 1. The first-order chi connectivity index (χ1) is 14.1. The van der Waals surface area contributed by atoms with Gasteiger partial charge in [0.1, 0.15) is 5.75 Å². The summed E-state index contributed by atoms with van der Waals surface area (Å²) in [6, 6.07) is 18.0. The summed E-state index contributed by atoms with van der Waals surface area (Å²) in [4.78, 5) is 14.8. The number of benzene rings is 2. The fourth-order valence-corrected chi connectivity index (χ4v) is 3.66. The van der Waals surface area contributed by atoms with E-state index in [1.54, 1.807) is 12.1 Å². The van der Waals surface area contributed by atoms with E-state index in [0.29, 0.717) is 23.3 Å². The Balaban J connectivity index is 1.40. The normalized spacial score (nSPS) is 14.9. The number of likely N-dealkylation sites (tertiary alicyclic amines) is 1. The van der Waals surface area contributed by atoms with Crippen molar-refractivity contribution >= 4 is 23.2 Å². The van der Waals surface area contributed by atoms with Crippen LogP contribution in [-0.2, 0) is 6.54 Å². The van der Waals surface area contributed by atoms with Gasteiger partial charge in [0, 0.05) is 31.2 Å². The zero-order valence-corrected chi connectivity index (χ0v) is 17.7. The Hall–Kier alpha value is -2.44. The van der Waals surface area contributed by atoms with Crippen molar-refractivity contribution in [2.45, 2.75) is 38.8 Å². The second-order valence-corrected chi connectivity index (χ2v) is 7.74. The molecule has 0 unspecified atom stereocenters. The summed E-state index contributed by atoms with van der Waals surface area (Å²) in [5.41, 5.74) is 1.91. The van der Waals surface area contributed by atoms with Crippen LogP contribution in [0.2, 0.25) is 0 Å². The molecule has 1 aliphatic heterocycles. The Morgan fingerprint density at radius 3 is 2.45 bits per heavy atom. The van der Waals surface area contributed by atoms with Gasteiger partial charge in [0.2, 0.25) is 0 Å². The molecular weight excluding hydrogens is 382 g/mol. The Bertz CT molecular complexity index is 788. The molecule has 2 aromatic carbocycles. The number of nitrogens with zero attached hydrogens (tertiary/aromatic N) is 1. The molecule has 0 bridgehead atoms. The van der Waals surface area contributed by atoms with Crippen LogP contribution in [0.5, 0.6) is 5.75 Å². The summed E-state index contributed by atoms with van der Waals surface area (Å²) in [7, 11) is 0. The van der Waals surface area contributed by atoms with Gasteiger partial charge in [0.25, 0.3) is 5.91 Å². The number of nitrogens with one attached hydrogen (secondary N) is 2. The van der Waals surface area contributed by atoms with E-state index in [9.17, 15) is 4.79 Å². The predicted octanol–water partition coefficient (Wildman–Crippen LogP) is 3.74. The lowest BCUT2D eigenvalue weighted by molar-refractivity contribution is 0.0976. The first-order valence-electron chi connectivity index (χ1n) is 10.2. The summed E-state index contributed by atoms with van der Waals surface area (Å²) >= 11 is 5.35. The lowest BCUT2D eigenvalue weighted by atomic mass is 10.0. The highest BCUT2D eigenvalue weighted by molar-refractivity contribution is 7.80. The number of hydrogen-bond donors (Lipinski definition) is 2. The van der Waals surface area contributed by atoms with Crippen LogP contribution in [-0.4, -0.2) is 41.7 Å². The third-order valence-electron chi connectivity index (χ3n) is 4.99. The van der Waals surface area contributed by atoms with Gasteiger partial charge in [-0.3, -0.25) is 15.0 Å². The lowest BCUT2D eigenvalue weighted by Crippen LogP contribution is -2.48. The average Bonchev–Trinajstić information content (AvgIpc) is 2.74. The number of rotatable bonds is 7. The minimum atomic E-state index is -0.203. The van der Waals surface area contributed by atoms with Crippen LogP contribution in [0.15, 0.2) is 54.6 Å². The van der Waals surface area contributed by atoms with Crippen LogP contribution < -0.4 is 15.4 Å². The molecule has 0 aliphatic carbocycles. The number of thiocarbonyl (C=S) groups is 1. The van der Waals surface area contributed by atoms with Crippen LogP contribution in [0, 0.1) is 0 Å². The monoisotopic (exact) mass is 411 g/mol. The van der Waals surface area contributed by atoms with Gasteiger partial charge in [-0.1, -0.05) is 37.3 Å². The molecule has 1 amide bonds. The topological polar surface area (TPSA) is 53.6 Å². The van der Waals surface area contributed by atoms with E-state index in [4.69, 9.17) is 17.0 Å². The number of amides is 1. The van der Waals surface area contributed by atoms with E-state index in [1.165, 1.54) is 5.56 Å². The minimum Gasteiger partial charge on any atom is -0.494 e. The standard InChI is InChI=1S/C23H29N3O2S/c1-2-16-28-21-10-8-19(9-11-21)22(27)25-23(29)24-20-12-14-26(15-13-20)17-18-6-4-3-5-7-18/h3-11,20H,2,12-17H2,1H3,(H2,24,25,27,29). The van der Waals surface area contributed by atoms with Crippen molar-refractivity contribution in [3.8, 4) is 5.75 Å². The average molecular weight is 412 g/mol. The Morgan fingerprint density at radius 1 is 1.10 bits per heavy atom. The highest BCUT2D eigenvalue weighted by Crippen LogP contribution is 2.14. The zero-order chi connectivity index (χ0) is 20.5. The highest BCUT2D eigenvalue weighted by atomic mass is 32.1. The van der Waals surface area contributed by atoms with Crippen LogP contribution in [0.25, 0.3) is 0 Å². The van der Waals surface area contributed by atoms with E-state index in [0.717, 1.165) is 44.6 Å². The molecule has 0 spiro atoms. The molecule has 1 saturated heterocycles. The molecule has 0 aromatic heterocycles. The van der Waals surface area contributed by atoms with E-state index < -0.39 is 0 Å². The van der Waals surface area contributed by atoms with Crippen molar-refractivity contribution < 1.29 is 9.53 Å². The Labute approximate surface area is 178 Å². The van der Waals surface area contributed by atoms with E-state index in [1.807, 2.05) is 18.2 Å². The molecule has 0 saturated carbocycles. The van der Waals surface area contributed by atoms with Gasteiger partial charge in [0.05, 0.1) is 6.61 Å². The van der Waals surface area contributed by atoms with Crippen molar-refractivity contribution in [3.05, 3.63) is 65.7 Å². The molecule has 5 nitrogen and oxygen atoms in total. The maximum absolute atomic E-state index is 12.4. The van der Waals surface area contributed by atoms with E-state index in [-0.39, 0.29) is 5.91 Å². The third kappa shape index (κ3) is 6.84.